The Labute approximate surface area is 129 Å². The zero-order valence-electron chi connectivity index (χ0n) is 12.6. The van der Waals surface area contributed by atoms with Gasteiger partial charge in [0.05, 0.1) is 5.56 Å². The number of fused-ring (bicyclic) bond motifs is 1. The summed E-state index contributed by atoms with van der Waals surface area (Å²) < 4.78 is 1.96. The Morgan fingerprint density at radius 3 is 2.64 bits per heavy atom. The van der Waals surface area contributed by atoms with Crippen LogP contribution in [0.2, 0.25) is 0 Å². The number of aromatic hydroxyl groups is 1. The standard InChI is InChI=1S/C18H18N2O2/c1-12-17(15-10-14(21)8-9-16(15)20(12)2)18(22)19-11-13-6-4-3-5-7-13/h3-10,21H,11H2,1-2H3,(H,19,22). The number of phenolic OH excluding ortho intramolecular Hbond substituents is 1. The van der Waals surface area contributed by atoms with Crippen molar-refractivity contribution in [3.8, 4) is 5.75 Å². The molecule has 22 heavy (non-hydrogen) atoms. The number of hydrogen-bond acceptors (Lipinski definition) is 2. The maximum atomic E-state index is 12.6. The third-order valence-corrected chi connectivity index (χ3v) is 4.00. The van der Waals surface area contributed by atoms with E-state index < -0.39 is 0 Å². The molecule has 0 atom stereocenters. The third kappa shape index (κ3) is 2.44. The van der Waals surface area contributed by atoms with E-state index in [1.54, 1.807) is 12.1 Å². The fraction of sp³-hybridized carbons (Fsp3) is 0.167. The summed E-state index contributed by atoms with van der Waals surface area (Å²) in [6.07, 6.45) is 0. The number of nitrogens with zero attached hydrogens (tertiary/aromatic N) is 1. The summed E-state index contributed by atoms with van der Waals surface area (Å²) in [6, 6.07) is 14.9. The number of aryl methyl sites for hydroxylation is 1. The minimum absolute atomic E-state index is 0.127. The van der Waals surface area contributed by atoms with Crippen LogP contribution in [-0.4, -0.2) is 15.6 Å². The highest BCUT2D eigenvalue weighted by Gasteiger charge is 2.18. The van der Waals surface area contributed by atoms with Crippen LogP contribution < -0.4 is 5.32 Å². The van der Waals surface area contributed by atoms with Gasteiger partial charge in [0.15, 0.2) is 0 Å². The molecule has 112 valence electrons. The lowest BCUT2D eigenvalue weighted by Crippen LogP contribution is -2.23. The largest absolute Gasteiger partial charge is 0.508 e. The van der Waals surface area contributed by atoms with Gasteiger partial charge in [-0.15, -0.1) is 0 Å². The molecule has 0 spiro atoms. The topological polar surface area (TPSA) is 54.3 Å². The zero-order valence-corrected chi connectivity index (χ0v) is 12.6. The Hall–Kier alpha value is -2.75. The number of carbonyl (C=O) groups is 1. The maximum Gasteiger partial charge on any atom is 0.254 e. The van der Waals surface area contributed by atoms with Crippen LogP contribution in [0.15, 0.2) is 48.5 Å². The van der Waals surface area contributed by atoms with Crippen molar-refractivity contribution in [2.45, 2.75) is 13.5 Å². The van der Waals surface area contributed by atoms with Crippen molar-refractivity contribution in [2.24, 2.45) is 7.05 Å². The van der Waals surface area contributed by atoms with Gasteiger partial charge < -0.3 is 15.0 Å². The normalized spacial score (nSPS) is 10.8. The fourth-order valence-corrected chi connectivity index (χ4v) is 2.71. The molecule has 0 aliphatic carbocycles. The van der Waals surface area contributed by atoms with Gasteiger partial charge >= 0.3 is 0 Å². The van der Waals surface area contributed by atoms with Crippen LogP contribution >= 0.6 is 0 Å². The van der Waals surface area contributed by atoms with Gasteiger partial charge in [-0.3, -0.25) is 4.79 Å². The van der Waals surface area contributed by atoms with Crippen molar-refractivity contribution in [1.29, 1.82) is 0 Å². The molecule has 2 aromatic carbocycles. The van der Waals surface area contributed by atoms with E-state index in [-0.39, 0.29) is 11.7 Å². The fourth-order valence-electron chi connectivity index (χ4n) is 2.71. The van der Waals surface area contributed by atoms with Crippen LogP contribution in [0, 0.1) is 6.92 Å². The molecule has 3 aromatic rings. The number of benzene rings is 2. The molecule has 4 heteroatoms. The number of nitrogens with one attached hydrogen (secondary N) is 1. The number of carbonyl (C=O) groups excluding carboxylic acids is 1. The molecule has 0 aliphatic rings. The van der Waals surface area contributed by atoms with Gasteiger partial charge in [0, 0.05) is 30.2 Å². The average Bonchev–Trinajstić information content (AvgIpc) is 2.77. The van der Waals surface area contributed by atoms with Crippen molar-refractivity contribution in [3.05, 3.63) is 65.4 Å². The van der Waals surface area contributed by atoms with Crippen LogP contribution in [0.3, 0.4) is 0 Å². The van der Waals surface area contributed by atoms with Crippen molar-refractivity contribution >= 4 is 16.8 Å². The second-order valence-electron chi connectivity index (χ2n) is 5.39. The molecule has 3 rings (SSSR count). The van der Waals surface area contributed by atoms with Crippen LogP contribution in [0.4, 0.5) is 0 Å². The first-order valence-corrected chi connectivity index (χ1v) is 7.18. The van der Waals surface area contributed by atoms with E-state index in [2.05, 4.69) is 5.32 Å². The van der Waals surface area contributed by atoms with Gasteiger partial charge in [0.2, 0.25) is 0 Å². The number of rotatable bonds is 3. The van der Waals surface area contributed by atoms with Gasteiger partial charge in [-0.2, -0.15) is 0 Å². The smallest absolute Gasteiger partial charge is 0.254 e. The molecule has 1 amide bonds. The van der Waals surface area contributed by atoms with E-state index in [1.165, 1.54) is 0 Å². The summed E-state index contributed by atoms with van der Waals surface area (Å²) in [4.78, 5) is 12.6. The van der Waals surface area contributed by atoms with Crippen LogP contribution in [-0.2, 0) is 13.6 Å². The number of hydrogen-bond donors (Lipinski definition) is 2. The van der Waals surface area contributed by atoms with Gasteiger partial charge in [-0.05, 0) is 30.7 Å². The molecule has 0 bridgehead atoms. The Kier molecular flexibility index (Phi) is 3.59. The zero-order chi connectivity index (χ0) is 15.7. The Balaban J connectivity index is 1.94. The second-order valence-corrected chi connectivity index (χ2v) is 5.39. The molecule has 4 nitrogen and oxygen atoms in total. The summed E-state index contributed by atoms with van der Waals surface area (Å²) in [5.41, 5.74) is 3.48. The van der Waals surface area contributed by atoms with Gasteiger partial charge in [-0.25, -0.2) is 0 Å². The minimum Gasteiger partial charge on any atom is -0.508 e. The molecule has 0 saturated carbocycles. The molecule has 2 N–H and O–H groups in total. The number of phenols is 1. The molecule has 0 aliphatic heterocycles. The monoisotopic (exact) mass is 294 g/mol. The quantitative estimate of drug-likeness (QED) is 0.780. The molecule has 0 fully saturated rings. The van der Waals surface area contributed by atoms with Crippen LogP contribution in [0.25, 0.3) is 10.9 Å². The van der Waals surface area contributed by atoms with Gasteiger partial charge in [-0.1, -0.05) is 30.3 Å². The molecular formula is C18H18N2O2. The number of amides is 1. The lowest BCUT2D eigenvalue weighted by molar-refractivity contribution is 0.0951. The van der Waals surface area contributed by atoms with Crippen molar-refractivity contribution in [3.63, 3.8) is 0 Å². The summed E-state index contributed by atoms with van der Waals surface area (Å²) in [5.74, 6) is 0.0350. The molecular weight excluding hydrogens is 276 g/mol. The Morgan fingerprint density at radius 2 is 1.91 bits per heavy atom. The molecule has 1 aromatic heterocycles. The van der Waals surface area contributed by atoms with E-state index in [0.29, 0.717) is 12.1 Å². The van der Waals surface area contributed by atoms with E-state index >= 15 is 0 Å². The Morgan fingerprint density at radius 1 is 1.18 bits per heavy atom. The second kappa shape index (κ2) is 5.56. The molecule has 1 heterocycles. The van der Waals surface area contributed by atoms with E-state index in [0.717, 1.165) is 22.2 Å². The lowest BCUT2D eigenvalue weighted by atomic mass is 10.1. The highest BCUT2D eigenvalue weighted by atomic mass is 16.3. The summed E-state index contributed by atoms with van der Waals surface area (Å²) in [6.45, 7) is 2.39. The maximum absolute atomic E-state index is 12.6. The predicted octanol–water partition coefficient (Wildman–Crippen LogP) is 3.12. The summed E-state index contributed by atoms with van der Waals surface area (Å²) >= 11 is 0. The SMILES string of the molecule is Cc1c(C(=O)NCc2ccccc2)c2cc(O)ccc2n1C. The first-order valence-electron chi connectivity index (χ1n) is 7.18. The van der Waals surface area contributed by atoms with E-state index in [1.807, 2.05) is 54.9 Å². The first kappa shape index (κ1) is 14.2. The van der Waals surface area contributed by atoms with Crippen molar-refractivity contribution in [2.75, 3.05) is 0 Å². The van der Waals surface area contributed by atoms with E-state index in [9.17, 15) is 9.90 Å². The third-order valence-electron chi connectivity index (χ3n) is 4.00. The predicted molar refractivity (Wildman–Crippen MR) is 86.9 cm³/mol. The molecule has 0 unspecified atom stereocenters. The highest BCUT2D eigenvalue weighted by molar-refractivity contribution is 6.08. The molecule has 0 saturated heterocycles. The van der Waals surface area contributed by atoms with Gasteiger partial charge in [0.25, 0.3) is 5.91 Å². The Bertz CT molecular complexity index is 835. The first-order chi connectivity index (χ1) is 10.6. The van der Waals surface area contributed by atoms with E-state index in [4.69, 9.17) is 0 Å². The highest BCUT2D eigenvalue weighted by Crippen LogP contribution is 2.28. The van der Waals surface area contributed by atoms with Gasteiger partial charge in [0.1, 0.15) is 5.75 Å². The van der Waals surface area contributed by atoms with Crippen molar-refractivity contribution < 1.29 is 9.90 Å². The lowest BCUT2D eigenvalue weighted by Gasteiger charge is -2.06. The minimum atomic E-state index is -0.127. The summed E-state index contributed by atoms with van der Waals surface area (Å²) in [5, 5.41) is 13.4. The number of aromatic nitrogens is 1. The van der Waals surface area contributed by atoms with Crippen LogP contribution in [0.1, 0.15) is 21.6 Å². The van der Waals surface area contributed by atoms with Crippen LogP contribution in [0.5, 0.6) is 5.75 Å². The van der Waals surface area contributed by atoms with Crippen molar-refractivity contribution in [1.82, 2.24) is 9.88 Å². The molecule has 0 radical (unpaired) electrons. The average molecular weight is 294 g/mol. The summed E-state index contributed by atoms with van der Waals surface area (Å²) in [7, 11) is 1.92.